The van der Waals surface area contributed by atoms with E-state index in [1.807, 2.05) is 89.7 Å². The van der Waals surface area contributed by atoms with Gasteiger partial charge in [-0.2, -0.15) is 5.10 Å². The van der Waals surface area contributed by atoms with E-state index in [0.717, 1.165) is 21.9 Å². The van der Waals surface area contributed by atoms with Gasteiger partial charge in [0.15, 0.2) is 5.78 Å². The van der Waals surface area contributed by atoms with Gasteiger partial charge in [0.2, 0.25) is 0 Å². The molecule has 4 rings (SSSR count). The van der Waals surface area contributed by atoms with Crippen LogP contribution in [-0.4, -0.2) is 15.6 Å². The lowest BCUT2D eigenvalue weighted by Gasteiger charge is -2.18. The third-order valence-electron chi connectivity index (χ3n) is 4.50. The quantitative estimate of drug-likeness (QED) is 0.489. The Kier molecular flexibility index (Phi) is 4.13. The van der Waals surface area contributed by atoms with Gasteiger partial charge in [0.05, 0.1) is 6.04 Å². The van der Waals surface area contributed by atoms with Gasteiger partial charge in [0.25, 0.3) is 0 Å². The fourth-order valence-corrected chi connectivity index (χ4v) is 3.26. The standard InChI is InChI=1S/C22H18N2O/c25-22(20-13-6-11-17-8-4-5-12-19(17)20)16-21(24-15-7-14-23-24)18-9-2-1-3-10-18/h1-15,21H,16H2. The maximum absolute atomic E-state index is 13.1. The lowest BCUT2D eigenvalue weighted by Crippen LogP contribution is -2.16. The molecule has 1 heterocycles. The number of Topliss-reactive ketones (excluding diaryl/α,β-unsaturated/α-hetero) is 1. The van der Waals surface area contributed by atoms with E-state index in [1.54, 1.807) is 6.20 Å². The maximum atomic E-state index is 13.1. The number of carbonyl (C=O) groups is 1. The van der Waals surface area contributed by atoms with Gasteiger partial charge >= 0.3 is 0 Å². The normalized spacial score (nSPS) is 12.2. The Labute approximate surface area is 146 Å². The predicted octanol–water partition coefficient (Wildman–Crippen LogP) is 4.90. The number of rotatable bonds is 5. The predicted molar refractivity (Wildman–Crippen MR) is 99.7 cm³/mol. The summed E-state index contributed by atoms with van der Waals surface area (Å²) >= 11 is 0. The summed E-state index contributed by atoms with van der Waals surface area (Å²) < 4.78 is 1.86. The van der Waals surface area contributed by atoms with E-state index in [1.165, 1.54) is 0 Å². The minimum atomic E-state index is -0.109. The number of carbonyl (C=O) groups excluding carboxylic acids is 1. The number of benzene rings is 3. The van der Waals surface area contributed by atoms with Crippen LogP contribution in [0.1, 0.15) is 28.4 Å². The van der Waals surface area contributed by atoms with Gasteiger partial charge in [0, 0.05) is 24.4 Å². The van der Waals surface area contributed by atoms with Gasteiger partial charge in [-0.15, -0.1) is 0 Å². The Balaban J connectivity index is 1.71. The summed E-state index contributed by atoms with van der Waals surface area (Å²) in [5.41, 5.74) is 1.85. The summed E-state index contributed by atoms with van der Waals surface area (Å²) in [6.07, 6.45) is 4.03. The third-order valence-corrected chi connectivity index (χ3v) is 4.50. The van der Waals surface area contributed by atoms with E-state index in [4.69, 9.17) is 0 Å². The number of ketones is 1. The van der Waals surface area contributed by atoms with Crippen LogP contribution in [0, 0.1) is 0 Å². The minimum absolute atomic E-state index is 0.109. The smallest absolute Gasteiger partial charge is 0.165 e. The zero-order valence-corrected chi connectivity index (χ0v) is 13.7. The van der Waals surface area contributed by atoms with Crippen molar-refractivity contribution in [2.75, 3.05) is 0 Å². The Morgan fingerprint density at radius 1 is 0.880 bits per heavy atom. The fraction of sp³-hybridized carbons (Fsp3) is 0.0909. The first-order valence-corrected chi connectivity index (χ1v) is 8.38. The highest BCUT2D eigenvalue weighted by Gasteiger charge is 2.20. The molecule has 3 aromatic carbocycles. The Morgan fingerprint density at radius 3 is 2.44 bits per heavy atom. The van der Waals surface area contributed by atoms with E-state index < -0.39 is 0 Å². The molecule has 0 bridgehead atoms. The van der Waals surface area contributed by atoms with Gasteiger partial charge in [-0.05, 0) is 22.4 Å². The van der Waals surface area contributed by atoms with Crippen LogP contribution in [-0.2, 0) is 0 Å². The Bertz CT molecular complexity index is 986. The second-order valence-corrected chi connectivity index (χ2v) is 6.07. The summed E-state index contributed by atoms with van der Waals surface area (Å²) in [4.78, 5) is 13.1. The number of hydrogen-bond acceptors (Lipinski definition) is 2. The van der Waals surface area contributed by atoms with Crippen molar-refractivity contribution >= 4 is 16.6 Å². The highest BCUT2D eigenvalue weighted by atomic mass is 16.1. The molecule has 1 atom stereocenters. The van der Waals surface area contributed by atoms with Crippen LogP contribution in [0.5, 0.6) is 0 Å². The van der Waals surface area contributed by atoms with Crippen LogP contribution in [0.2, 0.25) is 0 Å². The van der Waals surface area contributed by atoms with Crippen LogP contribution in [0.4, 0.5) is 0 Å². The van der Waals surface area contributed by atoms with Crippen molar-refractivity contribution in [2.45, 2.75) is 12.5 Å². The topological polar surface area (TPSA) is 34.9 Å². The summed E-state index contributed by atoms with van der Waals surface area (Å²) in [6, 6.07) is 25.7. The first kappa shape index (κ1) is 15.3. The molecule has 1 unspecified atom stereocenters. The zero-order valence-electron chi connectivity index (χ0n) is 13.7. The van der Waals surface area contributed by atoms with Crippen molar-refractivity contribution in [1.29, 1.82) is 0 Å². The summed E-state index contributed by atoms with van der Waals surface area (Å²) in [6.45, 7) is 0. The number of aromatic nitrogens is 2. The molecule has 0 N–H and O–H groups in total. The molecule has 4 aromatic rings. The molecule has 0 saturated carbocycles. The molecule has 3 nitrogen and oxygen atoms in total. The number of nitrogens with zero attached hydrogens (tertiary/aromatic N) is 2. The second kappa shape index (κ2) is 6.73. The second-order valence-electron chi connectivity index (χ2n) is 6.07. The Morgan fingerprint density at radius 2 is 1.64 bits per heavy atom. The van der Waals surface area contributed by atoms with E-state index in [9.17, 15) is 4.79 Å². The monoisotopic (exact) mass is 326 g/mol. The molecule has 25 heavy (non-hydrogen) atoms. The molecule has 122 valence electrons. The van der Waals surface area contributed by atoms with E-state index in [0.29, 0.717) is 6.42 Å². The molecule has 0 radical (unpaired) electrons. The molecule has 0 spiro atoms. The SMILES string of the molecule is O=C(CC(c1ccccc1)n1cccn1)c1cccc2ccccc12. The molecule has 0 aliphatic rings. The third kappa shape index (κ3) is 3.09. The van der Waals surface area contributed by atoms with Gasteiger partial charge in [0.1, 0.15) is 0 Å². The van der Waals surface area contributed by atoms with E-state index in [2.05, 4.69) is 5.10 Å². The van der Waals surface area contributed by atoms with Gasteiger partial charge in [-0.25, -0.2) is 0 Å². The van der Waals surface area contributed by atoms with E-state index >= 15 is 0 Å². The summed E-state index contributed by atoms with van der Waals surface area (Å²) in [7, 11) is 0. The summed E-state index contributed by atoms with van der Waals surface area (Å²) in [5.74, 6) is 0.126. The van der Waals surface area contributed by atoms with Gasteiger partial charge in [-0.3, -0.25) is 9.48 Å². The average molecular weight is 326 g/mol. The molecular formula is C22H18N2O. The van der Waals surface area contributed by atoms with Crippen LogP contribution in [0.25, 0.3) is 10.8 Å². The first-order chi connectivity index (χ1) is 12.3. The fourth-order valence-electron chi connectivity index (χ4n) is 3.26. The van der Waals surface area contributed by atoms with E-state index in [-0.39, 0.29) is 11.8 Å². The molecule has 1 aromatic heterocycles. The van der Waals surface area contributed by atoms with Crippen molar-refractivity contribution < 1.29 is 4.79 Å². The highest BCUT2D eigenvalue weighted by Crippen LogP contribution is 2.26. The van der Waals surface area contributed by atoms with Crippen molar-refractivity contribution in [1.82, 2.24) is 9.78 Å². The first-order valence-electron chi connectivity index (χ1n) is 8.38. The van der Waals surface area contributed by atoms with Crippen molar-refractivity contribution in [3.8, 4) is 0 Å². The molecule has 3 heteroatoms. The van der Waals surface area contributed by atoms with Crippen LogP contribution >= 0.6 is 0 Å². The van der Waals surface area contributed by atoms with Crippen molar-refractivity contribution in [3.05, 3.63) is 102 Å². The lowest BCUT2D eigenvalue weighted by molar-refractivity contribution is 0.0969. The maximum Gasteiger partial charge on any atom is 0.165 e. The van der Waals surface area contributed by atoms with Gasteiger partial charge in [-0.1, -0.05) is 72.8 Å². The van der Waals surface area contributed by atoms with Gasteiger partial charge < -0.3 is 0 Å². The molecule has 0 aliphatic carbocycles. The minimum Gasteiger partial charge on any atom is -0.294 e. The molecule has 0 aliphatic heterocycles. The average Bonchev–Trinajstić information content (AvgIpc) is 3.20. The Hall–Kier alpha value is -3.20. The number of fused-ring (bicyclic) bond motifs is 1. The molecular weight excluding hydrogens is 308 g/mol. The van der Waals surface area contributed by atoms with Crippen molar-refractivity contribution in [3.63, 3.8) is 0 Å². The summed E-state index contributed by atoms with van der Waals surface area (Å²) in [5, 5.41) is 6.46. The molecule has 0 saturated heterocycles. The van der Waals surface area contributed by atoms with Crippen molar-refractivity contribution in [2.24, 2.45) is 0 Å². The highest BCUT2D eigenvalue weighted by molar-refractivity contribution is 6.08. The van der Waals surface area contributed by atoms with Crippen LogP contribution < -0.4 is 0 Å². The molecule has 0 amide bonds. The lowest BCUT2D eigenvalue weighted by atomic mass is 9.95. The largest absolute Gasteiger partial charge is 0.294 e. The number of hydrogen-bond donors (Lipinski definition) is 0. The van der Waals surface area contributed by atoms with Crippen LogP contribution in [0.3, 0.4) is 0 Å². The molecule has 0 fully saturated rings. The van der Waals surface area contributed by atoms with Crippen LogP contribution in [0.15, 0.2) is 91.3 Å². The zero-order chi connectivity index (χ0) is 17.1.